The summed E-state index contributed by atoms with van der Waals surface area (Å²) in [7, 11) is 0. The Labute approximate surface area is 126 Å². The van der Waals surface area contributed by atoms with Crippen LogP contribution in [-0.2, 0) is 6.54 Å². The van der Waals surface area contributed by atoms with E-state index in [0.717, 1.165) is 11.1 Å². The van der Waals surface area contributed by atoms with E-state index in [1.807, 2.05) is 12.1 Å². The summed E-state index contributed by atoms with van der Waals surface area (Å²) in [6, 6.07) is 12.0. The minimum atomic E-state index is -0.437. The molecule has 0 spiro atoms. The molecule has 0 fully saturated rings. The van der Waals surface area contributed by atoms with Gasteiger partial charge in [-0.3, -0.25) is 0 Å². The van der Waals surface area contributed by atoms with Gasteiger partial charge in [-0.2, -0.15) is 5.10 Å². The zero-order chi connectivity index (χ0) is 14.8. The Hall–Kier alpha value is -2.40. The number of hydrogen-bond acceptors (Lipinski definition) is 3. The average molecular weight is 303 g/mol. The molecule has 1 heterocycles. The first-order chi connectivity index (χ1) is 10.1. The average Bonchev–Trinajstić information content (AvgIpc) is 2.92. The van der Waals surface area contributed by atoms with Gasteiger partial charge >= 0.3 is 0 Å². The minimum Gasteiger partial charge on any atom is -0.399 e. The highest BCUT2D eigenvalue weighted by molar-refractivity contribution is 6.30. The van der Waals surface area contributed by atoms with Crippen molar-refractivity contribution in [2.24, 2.45) is 0 Å². The molecule has 106 valence electrons. The van der Waals surface area contributed by atoms with Crippen molar-refractivity contribution in [3.05, 3.63) is 65.2 Å². The first-order valence-corrected chi connectivity index (χ1v) is 6.69. The molecule has 0 amide bonds. The molecule has 0 aliphatic heterocycles. The van der Waals surface area contributed by atoms with Crippen molar-refractivity contribution in [3.63, 3.8) is 0 Å². The number of hydrogen-bond donors (Lipinski definition) is 1. The number of nitrogens with zero attached hydrogens (tertiary/aromatic N) is 3. The molecule has 0 saturated carbocycles. The predicted octanol–water partition coefficient (Wildman–Crippen LogP) is 3.37. The molecule has 6 heteroatoms. The third-order valence-electron chi connectivity index (χ3n) is 3.03. The van der Waals surface area contributed by atoms with Crippen molar-refractivity contribution >= 4 is 17.3 Å². The van der Waals surface area contributed by atoms with Crippen molar-refractivity contribution in [1.82, 2.24) is 14.8 Å². The summed E-state index contributed by atoms with van der Waals surface area (Å²) < 4.78 is 15.0. The normalized spacial score (nSPS) is 10.8. The fourth-order valence-electron chi connectivity index (χ4n) is 1.96. The molecule has 4 nitrogen and oxygen atoms in total. The predicted molar refractivity (Wildman–Crippen MR) is 80.4 cm³/mol. The van der Waals surface area contributed by atoms with E-state index in [9.17, 15) is 4.39 Å². The fraction of sp³-hybridized carbons (Fsp3) is 0.0667. The highest BCUT2D eigenvalue weighted by Crippen LogP contribution is 2.18. The quantitative estimate of drug-likeness (QED) is 0.755. The highest BCUT2D eigenvalue weighted by Gasteiger charge is 2.06. The topological polar surface area (TPSA) is 56.7 Å². The lowest BCUT2D eigenvalue weighted by Gasteiger charge is -2.02. The number of nitrogen functional groups attached to an aromatic ring is 1. The second kappa shape index (κ2) is 5.54. The Morgan fingerprint density at radius 3 is 2.62 bits per heavy atom. The third-order valence-corrected chi connectivity index (χ3v) is 3.34. The highest BCUT2D eigenvalue weighted by atomic mass is 35.5. The van der Waals surface area contributed by atoms with Gasteiger partial charge in [-0.05, 0) is 42.0 Å². The molecule has 21 heavy (non-hydrogen) atoms. The van der Waals surface area contributed by atoms with E-state index < -0.39 is 5.82 Å². The zero-order valence-electron chi connectivity index (χ0n) is 11.0. The van der Waals surface area contributed by atoms with Crippen LogP contribution in [0.5, 0.6) is 0 Å². The Balaban J connectivity index is 1.81. The van der Waals surface area contributed by atoms with Crippen LogP contribution in [-0.4, -0.2) is 14.8 Å². The molecular formula is C15H12ClFN4. The molecule has 0 saturated heterocycles. The summed E-state index contributed by atoms with van der Waals surface area (Å²) in [6.45, 7) is 0.427. The van der Waals surface area contributed by atoms with E-state index in [2.05, 4.69) is 10.1 Å². The molecular weight excluding hydrogens is 291 g/mol. The van der Waals surface area contributed by atoms with Gasteiger partial charge in [-0.25, -0.2) is 14.1 Å². The maximum Gasteiger partial charge on any atom is 0.181 e. The van der Waals surface area contributed by atoms with Gasteiger partial charge in [0.1, 0.15) is 12.1 Å². The molecule has 3 rings (SSSR count). The molecule has 3 aromatic rings. The van der Waals surface area contributed by atoms with Crippen molar-refractivity contribution in [2.75, 3.05) is 5.73 Å². The van der Waals surface area contributed by atoms with Gasteiger partial charge in [0.2, 0.25) is 0 Å². The Morgan fingerprint density at radius 1 is 1.14 bits per heavy atom. The second-order valence-corrected chi connectivity index (χ2v) is 5.04. The monoisotopic (exact) mass is 302 g/mol. The van der Waals surface area contributed by atoms with E-state index in [0.29, 0.717) is 18.1 Å². The van der Waals surface area contributed by atoms with Crippen LogP contribution in [0, 0.1) is 5.82 Å². The summed E-state index contributed by atoms with van der Waals surface area (Å²) in [6.07, 6.45) is 1.61. The van der Waals surface area contributed by atoms with E-state index in [1.54, 1.807) is 29.2 Å². The molecule has 2 aromatic carbocycles. The summed E-state index contributed by atoms with van der Waals surface area (Å²) in [4.78, 5) is 4.24. The summed E-state index contributed by atoms with van der Waals surface area (Å²) in [5, 5.41) is 4.48. The first kappa shape index (κ1) is 13.6. The minimum absolute atomic E-state index is 0.111. The standard InChI is InChI=1S/C15H12ClFN4/c16-13-6-1-10(7-14(13)17)8-21-9-19-15(20-21)11-2-4-12(18)5-3-11/h1-7,9H,8,18H2. The SMILES string of the molecule is Nc1ccc(-c2ncn(Cc3ccc(Cl)c(F)c3)n2)cc1. The molecule has 0 unspecified atom stereocenters. The smallest absolute Gasteiger partial charge is 0.181 e. The molecule has 2 N–H and O–H groups in total. The van der Waals surface area contributed by atoms with Crippen molar-refractivity contribution < 1.29 is 4.39 Å². The van der Waals surface area contributed by atoms with Crippen molar-refractivity contribution in [2.45, 2.75) is 6.54 Å². The summed E-state index contributed by atoms with van der Waals surface area (Å²) in [5.74, 6) is 0.164. The van der Waals surface area contributed by atoms with Gasteiger partial charge < -0.3 is 5.73 Å². The number of halogens is 2. The summed E-state index contributed by atoms with van der Waals surface area (Å²) in [5.41, 5.74) is 7.98. The lowest BCUT2D eigenvalue weighted by atomic mass is 10.2. The van der Waals surface area contributed by atoms with E-state index >= 15 is 0 Å². The molecule has 0 aliphatic rings. The lowest BCUT2D eigenvalue weighted by molar-refractivity contribution is 0.619. The van der Waals surface area contributed by atoms with Gasteiger partial charge in [0.05, 0.1) is 11.6 Å². The van der Waals surface area contributed by atoms with Crippen LogP contribution >= 0.6 is 11.6 Å². The van der Waals surface area contributed by atoms with Crippen LogP contribution in [0.1, 0.15) is 5.56 Å². The van der Waals surface area contributed by atoms with Crippen LogP contribution in [0.3, 0.4) is 0 Å². The van der Waals surface area contributed by atoms with Crippen molar-refractivity contribution in [3.8, 4) is 11.4 Å². The van der Waals surface area contributed by atoms with E-state index in [-0.39, 0.29) is 5.02 Å². The maximum absolute atomic E-state index is 13.4. The number of rotatable bonds is 3. The zero-order valence-corrected chi connectivity index (χ0v) is 11.8. The Morgan fingerprint density at radius 2 is 1.90 bits per heavy atom. The third kappa shape index (κ3) is 3.03. The molecule has 0 aliphatic carbocycles. The number of benzene rings is 2. The van der Waals surface area contributed by atoms with Gasteiger partial charge in [0.15, 0.2) is 5.82 Å². The van der Waals surface area contributed by atoms with Gasteiger partial charge in [0, 0.05) is 11.3 Å². The van der Waals surface area contributed by atoms with Gasteiger partial charge in [-0.1, -0.05) is 17.7 Å². The maximum atomic E-state index is 13.4. The fourth-order valence-corrected chi connectivity index (χ4v) is 2.08. The van der Waals surface area contributed by atoms with Crippen molar-refractivity contribution in [1.29, 1.82) is 0 Å². The molecule has 0 bridgehead atoms. The summed E-state index contributed by atoms with van der Waals surface area (Å²) >= 11 is 5.66. The van der Waals surface area contributed by atoms with E-state index in [1.165, 1.54) is 12.1 Å². The number of nitrogens with two attached hydrogens (primary N) is 1. The Kier molecular flexibility index (Phi) is 3.58. The molecule has 0 atom stereocenters. The first-order valence-electron chi connectivity index (χ1n) is 6.31. The lowest BCUT2D eigenvalue weighted by Crippen LogP contribution is -2.01. The van der Waals surface area contributed by atoms with Crippen LogP contribution in [0.15, 0.2) is 48.8 Å². The second-order valence-electron chi connectivity index (χ2n) is 4.64. The van der Waals surface area contributed by atoms with Gasteiger partial charge in [0.25, 0.3) is 0 Å². The van der Waals surface area contributed by atoms with Crippen LogP contribution in [0.4, 0.5) is 10.1 Å². The molecule has 1 aromatic heterocycles. The Bertz CT molecular complexity index is 768. The largest absolute Gasteiger partial charge is 0.399 e. The van der Waals surface area contributed by atoms with E-state index in [4.69, 9.17) is 17.3 Å². The number of anilines is 1. The van der Waals surface area contributed by atoms with Crippen LogP contribution in [0.25, 0.3) is 11.4 Å². The van der Waals surface area contributed by atoms with Crippen LogP contribution < -0.4 is 5.73 Å². The van der Waals surface area contributed by atoms with Gasteiger partial charge in [-0.15, -0.1) is 0 Å². The number of aromatic nitrogens is 3. The van der Waals surface area contributed by atoms with Crippen LogP contribution in [0.2, 0.25) is 5.02 Å². The molecule has 0 radical (unpaired) electrons.